The molecule has 0 amide bonds. The molecule has 4 heteroatoms. The van der Waals surface area contributed by atoms with E-state index in [1.165, 1.54) is 5.56 Å². The molecule has 0 aliphatic carbocycles. The average Bonchev–Trinajstić information content (AvgIpc) is 2.25. The zero-order chi connectivity index (χ0) is 13.1. The Kier molecular flexibility index (Phi) is 4.87. The van der Waals surface area contributed by atoms with Crippen molar-refractivity contribution in [1.29, 1.82) is 0 Å². The Morgan fingerprint density at radius 3 is 2.18 bits per heavy atom. The molecule has 0 saturated carbocycles. The van der Waals surface area contributed by atoms with Gasteiger partial charge in [0.05, 0.1) is 11.8 Å². The number of halogens is 4. The molecule has 0 heterocycles. The van der Waals surface area contributed by atoms with Crippen LogP contribution in [0.4, 0.5) is 13.2 Å². The van der Waals surface area contributed by atoms with Crippen LogP contribution in [0.2, 0.25) is 0 Å². The smallest absolute Gasteiger partial charge is 0.171 e. The summed E-state index contributed by atoms with van der Waals surface area (Å²) in [6.07, 6.45) is -3.51. The quantitative estimate of drug-likeness (QED) is 0.668. The first-order chi connectivity index (χ1) is 7.87. The van der Waals surface area contributed by atoms with Crippen molar-refractivity contribution in [2.24, 2.45) is 0 Å². The lowest BCUT2D eigenvalue weighted by atomic mass is 9.98. The van der Waals surface area contributed by atoms with Gasteiger partial charge in [0, 0.05) is 0 Å². The molecule has 0 saturated heterocycles. The van der Waals surface area contributed by atoms with Crippen LogP contribution >= 0.6 is 11.6 Å². The average molecular weight is 265 g/mol. The Hall–Kier alpha value is -0.700. The number of hydrogen-bond acceptors (Lipinski definition) is 0. The first-order valence-electron chi connectivity index (χ1n) is 5.69. The second-order valence-electron chi connectivity index (χ2n) is 4.02. The van der Waals surface area contributed by atoms with Crippen LogP contribution in [-0.4, -0.2) is 6.18 Å². The van der Waals surface area contributed by atoms with Crippen LogP contribution in [0.5, 0.6) is 0 Å². The molecule has 1 aromatic carbocycles. The van der Waals surface area contributed by atoms with Gasteiger partial charge in [-0.25, -0.2) is 0 Å². The molecule has 1 aromatic rings. The lowest BCUT2D eigenvalue weighted by Gasteiger charge is -2.15. The van der Waals surface area contributed by atoms with Crippen molar-refractivity contribution in [3.8, 4) is 0 Å². The van der Waals surface area contributed by atoms with Gasteiger partial charge in [0.2, 0.25) is 0 Å². The van der Waals surface area contributed by atoms with Crippen molar-refractivity contribution >= 4 is 11.6 Å². The normalized spacial score (nSPS) is 13.8. The van der Waals surface area contributed by atoms with Gasteiger partial charge in [0.1, 0.15) is 0 Å². The fourth-order valence-electron chi connectivity index (χ4n) is 1.84. The third-order valence-corrected chi connectivity index (χ3v) is 3.17. The minimum Gasteiger partial charge on any atom is -0.171 e. The number of alkyl halides is 4. The topological polar surface area (TPSA) is 0 Å². The largest absolute Gasteiger partial charge is 0.390 e. The van der Waals surface area contributed by atoms with Crippen LogP contribution < -0.4 is 0 Å². The lowest BCUT2D eigenvalue weighted by molar-refractivity contribution is -0.134. The molecule has 0 aliphatic rings. The van der Waals surface area contributed by atoms with E-state index in [1.807, 2.05) is 19.9 Å². The Morgan fingerprint density at radius 1 is 1.12 bits per heavy atom. The third kappa shape index (κ3) is 4.23. The van der Waals surface area contributed by atoms with Crippen molar-refractivity contribution in [1.82, 2.24) is 0 Å². The molecule has 0 fully saturated rings. The van der Waals surface area contributed by atoms with Gasteiger partial charge in [-0.05, 0) is 29.5 Å². The maximum atomic E-state index is 12.2. The Bertz CT molecular complexity index is 371. The van der Waals surface area contributed by atoms with E-state index in [4.69, 9.17) is 11.6 Å². The number of rotatable bonds is 4. The highest BCUT2D eigenvalue weighted by molar-refractivity contribution is 6.20. The SMILES string of the molecule is CCc1ccc(C(Cl)CC(F)(F)F)cc1CC. The predicted octanol–water partition coefficient (Wildman–Crippen LogP) is 5.04. The maximum absolute atomic E-state index is 12.2. The second-order valence-corrected chi connectivity index (χ2v) is 4.55. The standard InChI is InChI=1S/C13H16ClF3/c1-3-9-5-6-11(7-10(9)4-2)12(14)8-13(15,16)17/h5-7,12H,3-4,8H2,1-2H3. The van der Waals surface area contributed by atoms with E-state index in [-0.39, 0.29) is 0 Å². The van der Waals surface area contributed by atoms with Crippen molar-refractivity contribution < 1.29 is 13.2 Å². The summed E-state index contributed by atoms with van der Waals surface area (Å²) in [7, 11) is 0. The summed E-state index contributed by atoms with van der Waals surface area (Å²) in [4.78, 5) is 0. The van der Waals surface area contributed by atoms with E-state index < -0.39 is 18.0 Å². The van der Waals surface area contributed by atoms with Crippen molar-refractivity contribution in [3.05, 3.63) is 34.9 Å². The fourth-order valence-corrected chi connectivity index (χ4v) is 2.15. The zero-order valence-electron chi connectivity index (χ0n) is 9.94. The molecular weight excluding hydrogens is 249 g/mol. The van der Waals surface area contributed by atoms with E-state index in [2.05, 4.69) is 0 Å². The highest BCUT2D eigenvalue weighted by Crippen LogP contribution is 2.34. The van der Waals surface area contributed by atoms with Gasteiger partial charge in [-0.3, -0.25) is 0 Å². The summed E-state index contributed by atoms with van der Waals surface area (Å²) >= 11 is 5.80. The Labute approximate surface area is 105 Å². The molecule has 1 unspecified atom stereocenters. The molecule has 96 valence electrons. The zero-order valence-corrected chi connectivity index (χ0v) is 10.7. The molecule has 0 N–H and O–H groups in total. The van der Waals surface area contributed by atoms with Gasteiger partial charge in [-0.2, -0.15) is 13.2 Å². The van der Waals surface area contributed by atoms with E-state index >= 15 is 0 Å². The third-order valence-electron chi connectivity index (χ3n) is 2.76. The van der Waals surface area contributed by atoms with Crippen molar-refractivity contribution in [3.63, 3.8) is 0 Å². The molecule has 1 atom stereocenters. The molecule has 17 heavy (non-hydrogen) atoms. The Morgan fingerprint density at radius 2 is 1.71 bits per heavy atom. The minimum absolute atomic E-state index is 0.554. The molecular formula is C13H16ClF3. The van der Waals surface area contributed by atoms with Crippen molar-refractivity contribution in [2.75, 3.05) is 0 Å². The highest BCUT2D eigenvalue weighted by atomic mass is 35.5. The van der Waals surface area contributed by atoms with Gasteiger partial charge in [-0.15, -0.1) is 11.6 Å². The summed E-state index contributed by atoms with van der Waals surface area (Å²) in [6, 6.07) is 5.36. The first kappa shape index (κ1) is 14.4. The van der Waals surface area contributed by atoms with E-state index in [9.17, 15) is 13.2 Å². The fraction of sp³-hybridized carbons (Fsp3) is 0.538. The number of benzene rings is 1. The van der Waals surface area contributed by atoms with Crippen LogP contribution in [0, 0.1) is 0 Å². The van der Waals surface area contributed by atoms with E-state index in [1.54, 1.807) is 12.1 Å². The minimum atomic E-state index is -4.22. The summed E-state index contributed by atoms with van der Waals surface area (Å²) in [6.45, 7) is 4.02. The maximum Gasteiger partial charge on any atom is 0.390 e. The van der Waals surface area contributed by atoms with Gasteiger partial charge in [0.25, 0.3) is 0 Å². The van der Waals surface area contributed by atoms with Gasteiger partial charge in [-0.1, -0.05) is 32.0 Å². The van der Waals surface area contributed by atoms with E-state index in [0.29, 0.717) is 5.56 Å². The van der Waals surface area contributed by atoms with Gasteiger partial charge < -0.3 is 0 Å². The van der Waals surface area contributed by atoms with Crippen molar-refractivity contribution in [2.45, 2.75) is 44.7 Å². The van der Waals surface area contributed by atoms with Gasteiger partial charge in [0.15, 0.2) is 0 Å². The molecule has 0 aromatic heterocycles. The lowest BCUT2D eigenvalue weighted by Crippen LogP contribution is -2.11. The summed E-state index contributed by atoms with van der Waals surface area (Å²) < 4.78 is 36.7. The van der Waals surface area contributed by atoms with Crippen LogP contribution in [0.3, 0.4) is 0 Å². The summed E-state index contributed by atoms with van der Waals surface area (Å²) in [5, 5.41) is -0.994. The van der Waals surface area contributed by atoms with Crippen LogP contribution in [0.25, 0.3) is 0 Å². The summed E-state index contributed by atoms with van der Waals surface area (Å²) in [5.74, 6) is 0. The van der Waals surface area contributed by atoms with Crippen LogP contribution in [0.1, 0.15) is 42.3 Å². The monoisotopic (exact) mass is 264 g/mol. The van der Waals surface area contributed by atoms with E-state index in [0.717, 1.165) is 18.4 Å². The Balaban J connectivity index is 2.92. The summed E-state index contributed by atoms with van der Waals surface area (Å²) in [5.41, 5.74) is 2.81. The molecule has 0 nitrogen and oxygen atoms in total. The second kappa shape index (κ2) is 5.76. The molecule has 0 aliphatic heterocycles. The molecule has 0 spiro atoms. The van der Waals surface area contributed by atoms with Crippen LogP contribution in [-0.2, 0) is 12.8 Å². The molecule has 1 rings (SSSR count). The van der Waals surface area contributed by atoms with Gasteiger partial charge >= 0.3 is 6.18 Å². The first-order valence-corrected chi connectivity index (χ1v) is 6.13. The number of aryl methyl sites for hydroxylation is 2. The molecule has 0 bridgehead atoms. The number of hydrogen-bond donors (Lipinski definition) is 0. The van der Waals surface area contributed by atoms with Crippen LogP contribution in [0.15, 0.2) is 18.2 Å². The predicted molar refractivity (Wildman–Crippen MR) is 64.5 cm³/mol. The highest BCUT2D eigenvalue weighted by Gasteiger charge is 2.31. The molecule has 0 radical (unpaired) electrons.